The van der Waals surface area contributed by atoms with Crippen LogP contribution in [-0.2, 0) is 4.79 Å². The third kappa shape index (κ3) is 2.55. The van der Waals surface area contributed by atoms with E-state index in [2.05, 4.69) is 0 Å². The SMILES string of the molecule is CC1(C(=O)O)CCCN(C(=O)NC2(C(F)(F)F)CC2)C1. The van der Waals surface area contributed by atoms with Crippen LogP contribution in [0.3, 0.4) is 0 Å². The summed E-state index contributed by atoms with van der Waals surface area (Å²) in [4.78, 5) is 24.3. The van der Waals surface area contributed by atoms with E-state index >= 15 is 0 Å². The number of rotatable bonds is 2. The maximum Gasteiger partial charge on any atom is 0.411 e. The molecule has 0 aromatic rings. The van der Waals surface area contributed by atoms with E-state index < -0.39 is 29.1 Å². The second-order valence-corrected chi connectivity index (χ2v) is 5.90. The van der Waals surface area contributed by atoms with E-state index in [1.54, 1.807) is 0 Å². The van der Waals surface area contributed by atoms with Gasteiger partial charge < -0.3 is 15.3 Å². The molecule has 0 aromatic carbocycles. The summed E-state index contributed by atoms with van der Waals surface area (Å²) in [5.41, 5.74) is -3.20. The van der Waals surface area contributed by atoms with Gasteiger partial charge in [-0.2, -0.15) is 13.2 Å². The molecule has 1 unspecified atom stereocenters. The van der Waals surface area contributed by atoms with E-state index in [1.165, 1.54) is 11.8 Å². The number of urea groups is 1. The van der Waals surface area contributed by atoms with E-state index in [-0.39, 0.29) is 25.9 Å². The summed E-state index contributed by atoms with van der Waals surface area (Å²) >= 11 is 0. The molecule has 2 rings (SSSR count). The highest BCUT2D eigenvalue weighted by Crippen LogP contribution is 2.49. The van der Waals surface area contributed by atoms with Gasteiger partial charge in [-0.15, -0.1) is 0 Å². The van der Waals surface area contributed by atoms with Crippen LogP contribution in [0.2, 0.25) is 0 Å². The number of carboxylic acid groups (broad SMARTS) is 1. The lowest BCUT2D eigenvalue weighted by molar-refractivity contribution is -0.163. The van der Waals surface area contributed by atoms with E-state index in [0.29, 0.717) is 12.8 Å². The van der Waals surface area contributed by atoms with Gasteiger partial charge in [-0.3, -0.25) is 4.79 Å². The number of alkyl halides is 3. The molecule has 2 amide bonds. The molecule has 5 nitrogen and oxygen atoms in total. The third-order valence-electron chi connectivity index (χ3n) is 4.14. The third-order valence-corrected chi connectivity index (χ3v) is 4.14. The summed E-state index contributed by atoms with van der Waals surface area (Å²) < 4.78 is 38.3. The fourth-order valence-electron chi connectivity index (χ4n) is 2.48. The predicted molar refractivity (Wildman–Crippen MR) is 63.1 cm³/mol. The first-order chi connectivity index (χ1) is 9.10. The number of carbonyl (C=O) groups excluding carboxylic acids is 1. The van der Waals surface area contributed by atoms with Crippen molar-refractivity contribution in [1.29, 1.82) is 0 Å². The zero-order valence-corrected chi connectivity index (χ0v) is 11.1. The number of hydrogen-bond acceptors (Lipinski definition) is 2. The average Bonchev–Trinajstić information content (AvgIpc) is 3.09. The second kappa shape index (κ2) is 4.53. The lowest BCUT2D eigenvalue weighted by Crippen LogP contribution is -2.56. The van der Waals surface area contributed by atoms with Crippen molar-refractivity contribution in [1.82, 2.24) is 10.2 Å². The summed E-state index contributed by atoms with van der Waals surface area (Å²) in [5.74, 6) is -1.04. The Morgan fingerprint density at radius 2 is 1.85 bits per heavy atom. The molecule has 1 heterocycles. The molecule has 0 radical (unpaired) electrons. The number of nitrogens with one attached hydrogen (secondary N) is 1. The van der Waals surface area contributed by atoms with Crippen LogP contribution in [-0.4, -0.2) is 46.8 Å². The maximum atomic E-state index is 12.8. The molecule has 1 atom stereocenters. The average molecular weight is 294 g/mol. The Bertz CT molecular complexity index is 434. The number of carbonyl (C=O) groups is 2. The molecule has 0 aromatic heterocycles. The molecule has 2 N–H and O–H groups in total. The lowest BCUT2D eigenvalue weighted by Gasteiger charge is -2.38. The fraction of sp³-hybridized carbons (Fsp3) is 0.833. The van der Waals surface area contributed by atoms with Crippen LogP contribution in [0.25, 0.3) is 0 Å². The Kier molecular flexibility index (Phi) is 3.38. The molecule has 1 saturated carbocycles. The van der Waals surface area contributed by atoms with Crippen LogP contribution >= 0.6 is 0 Å². The Morgan fingerprint density at radius 1 is 1.25 bits per heavy atom. The summed E-state index contributed by atoms with van der Waals surface area (Å²) in [6.45, 7) is 1.72. The molecule has 1 aliphatic carbocycles. The van der Waals surface area contributed by atoms with Crippen LogP contribution in [0.15, 0.2) is 0 Å². The summed E-state index contributed by atoms with van der Waals surface area (Å²) in [6, 6.07) is -0.827. The normalized spacial score (nSPS) is 28.9. The van der Waals surface area contributed by atoms with Gasteiger partial charge in [0.15, 0.2) is 0 Å². The number of hydrogen-bond donors (Lipinski definition) is 2. The minimum absolute atomic E-state index is 0.0674. The van der Waals surface area contributed by atoms with E-state index in [0.717, 1.165) is 0 Å². The van der Waals surface area contributed by atoms with Crippen molar-refractivity contribution in [3.63, 3.8) is 0 Å². The maximum absolute atomic E-state index is 12.8. The Morgan fingerprint density at radius 3 is 2.30 bits per heavy atom. The van der Waals surface area contributed by atoms with Crippen LogP contribution in [0, 0.1) is 5.41 Å². The van der Waals surface area contributed by atoms with Gasteiger partial charge in [-0.05, 0) is 32.6 Å². The Labute approximate surface area is 114 Å². The van der Waals surface area contributed by atoms with Gasteiger partial charge in [0.2, 0.25) is 0 Å². The van der Waals surface area contributed by atoms with E-state index in [9.17, 15) is 22.8 Å². The standard InChI is InChI=1S/C12H17F3N2O3/c1-10(8(18)19)3-2-6-17(7-10)9(20)16-11(4-5-11)12(13,14)15/h2-7H2,1H3,(H,16,20)(H,18,19). The summed E-state index contributed by atoms with van der Waals surface area (Å²) in [6.07, 6.45) is -3.82. The zero-order valence-electron chi connectivity index (χ0n) is 11.1. The first-order valence-corrected chi connectivity index (χ1v) is 6.47. The van der Waals surface area contributed by atoms with E-state index in [1.807, 2.05) is 5.32 Å². The highest BCUT2D eigenvalue weighted by Gasteiger charge is 2.64. The molecule has 2 fully saturated rings. The van der Waals surface area contributed by atoms with Gasteiger partial charge in [0.25, 0.3) is 0 Å². The molecular formula is C12H17F3N2O3. The van der Waals surface area contributed by atoms with Gasteiger partial charge in [0, 0.05) is 13.1 Å². The monoisotopic (exact) mass is 294 g/mol. The lowest BCUT2D eigenvalue weighted by atomic mass is 9.82. The van der Waals surface area contributed by atoms with E-state index in [4.69, 9.17) is 5.11 Å². The molecule has 0 spiro atoms. The van der Waals surface area contributed by atoms with Gasteiger partial charge in [-0.1, -0.05) is 0 Å². The molecule has 114 valence electrons. The Balaban J connectivity index is 2.02. The van der Waals surface area contributed by atoms with Crippen molar-refractivity contribution in [2.75, 3.05) is 13.1 Å². The summed E-state index contributed by atoms with van der Waals surface area (Å²) in [5, 5.41) is 11.2. The first kappa shape index (κ1) is 14.9. The van der Waals surface area contributed by atoms with Gasteiger partial charge in [0.1, 0.15) is 5.54 Å². The van der Waals surface area contributed by atoms with Crippen molar-refractivity contribution in [2.24, 2.45) is 5.41 Å². The van der Waals surface area contributed by atoms with Gasteiger partial charge >= 0.3 is 18.2 Å². The van der Waals surface area contributed by atoms with Crippen LogP contribution in [0.5, 0.6) is 0 Å². The topological polar surface area (TPSA) is 69.6 Å². The fourth-order valence-corrected chi connectivity index (χ4v) is 2.48. The van der Waals surface area contributed by atoms with Gasteiger partial charge in [0.05, 0.1) is 5.41 Å². The molecular weight excluding hydrogens is 277 g/mol. The van der Waals surface area contributed by atoms with Crippen molar-refractivity contribution in [2.45, 2.75) is 44.3 Å². The second-order valence-electron chi connectivity index (χ2n) is 5.90. The van der Waals surface area contributed by atoms with Gasteiger partial charge in [-0.25, -0.2) is 4.79 Å². The van der Waals surface area contributed by atoms with Crippen molar-refractivity contribution >= 4 is 12.0 Å². The van der Waals surface area contributed by atoms with Crippen LogP contribution in [0.4, 0.5) is 18.0 Å². The molecule has 8 heteroatoms. The molecule has 2 aliphatic rings. The minimum atomic E-state index is -4.46. The first-order valence-electron chi connectivity index (χ1n) is 6.47. The molecule has 20 heavy (non-hydrogen) atoms. The highest BCUT2D eigenvalue weighted by atomic mass is 19.4. The van der Waals surface area contributed by atoms with Crippen molar-refractivity contribution < 1.29 is 27.9 Å². The van der Waals surface area contributed by atoms with Crippen LogP contribution in [0.1, 0.15) is 32.6 Å². The van der Waals surface area contributed by atoms with Crippen molar-refractivity contribution in [3.8, 4) is 0 Å². The smallest absolute Gasteiger partial charge is 0.411 e. The number of carboxylic acids is 1. The zero-order chi connectivity index (χ0) is 15.2. The molecule has 1 aliphatic heterocycles. The largest absolute Gasteiger partial charge is 0.481 e. The minimum Gasteiger partial charge on any atom is -0.481 e. The number of halogens is 3. The quantitative estimate of drug-likeness (QED) is 0.818. The number of aliphatic carboxylic acids is 1. The van der Waals surface area contributed by atoms with Crippen molar-refractivity contribution in [3.05, 3.63) is 0 Å². The number of nitrogens with zero attached hydrogens (tertiary/aromatic N) is 1. The molecule has 1 saturated heterocycles. The highest BCUT2D eigenvalue weighted by molar-refractivity contribution is 5.79. The van der Waals surface area contributed by atoms with Crippen LogP contribution < -0.4 is 5.32 Å². The molecule has 0 bridgehead atoms. The predicted octanol–water partition coefficient (Wildman–Crippen LogP) is 1.98. The summed E-state index contributed by atoms with van der Waals surface area (Å²) in [7, 11) is 0. The number of piperidine rings is 1. The number of amides is 2. The Hall–Kier alpha value is -1.47. The number of likely N-dealkylation sites (tertiary alicyclic amines) is 1.